The lowest BCUT2D eigenvalue weighted by atomic mass is 9.78. The molecular formula is C15H25NO2. The summed E-state index contributed by atoms with van der Waals surface area (Å²) in [5.74, 6) is 0.194. The zero-order valence-corrected chi connectivity index (χ0v) is 11.6. The summed E-state index contributed by atoms with van der Waals surface area (Å²) in [5.41, 5.74) is 1.36. The molecular weight excluding hydrogens is 226 g/mol. The Labute approximate surface area is 110 Å². The van der Waals surface area contributed by atoms with Crippen LogP contribution in [0.15, 0.2) is 11.6 Å². The second kappa shape index (κ2) is 5.87. The molecule has 3 atom stereocenters. The van der Waals surface area contributed by atoms with Gasteiger partial charge in [0.1, 0.15) is 6.04 Å². The fourth-order valence-electron chi connectivity index (χ4n) is 3.69. The molecule has 3 nitrogen and oxygen atoms in total. The van der Waals surface area contributed by atoms with Gasteiger partial charge in [0.25, 0.3) is 0 Å². The van der Waals surface area contributed by atoms with Crippen molar-refractivity contribution in [2.75, 3.05) is 13.1 Å². The van der Waals surface area contributed by atoms with Gasteiger partial charge in [-0.15, -0.1) is 0 Å². The predicted octanol–water partition coefficient (Wildman–Crippen LogP) is 2.92. The third-order valence-electron chi connectivity index (χ3n) is 4.31. The fourth-order valence-corrected chi connectivity index (χ4v) is 3.69. The summed E-state index contributed by atoms with van der Waals surface area (Å²) in [6, 6.07) is -0.267. The lowest BCUT2D eigenvalue weighted by Gasteiger charge is -2.39. The maximum absolute atomic E-state index is 11.7. The number of aliphatic carboxylic acids is 1. The maximum Gasteiger partial charge on any atom is 0.321 e. The minimum atomic E-state index is -0.621. The van der Waals surface area contributed by atoms with E-state index in [0.29, 0.717) is 11.8 Å². The van der Waals surface area contributed by atoms with Gasteiger partial charge in [-0.3, -0.25) is 9.69 Å². The van der Waals surface area contributed by atoms with E-state index >= 15 is 0 Å². The molecule has 3 heteroatoms. The number of hydrogen-bond donors (Lipinski definition) is 1. The SMILES string of the molecule is CC1=CC(C)CC(C(C(=O)O)N2CCCCC2)C1. The summed E-state index contributed by atoms with van der Waals surface area (Å²) in [7, 11) is 0. The molecule has 0 amide bonds. The molecule has 1 fully saturated rings. The first kappa shape index (κ1) is 13.6. The Kier molecular flexibility index (Phi) is 4.44. The molecule has 1 heterocycles. The Hall–Kier alpha value is -0.830. The van der Waals surface area contributed by atoms with E-state index in [9.17, 15) is 9.90 Å². The Morgan fingerprint density at radius 3 is 2.61 bits per heavy atom. The molecule has 1 N–H and O–H groups in total. The summed E-state index contributed by atoms with van der Waals surface area (Å²) in [4.78, 5) is 13.9. The van der Waals surface area contributed by atoms with Crippen molar-refractivity contribution in [3.8, 4) is 0 Å². The van der Waals surface area contributed by atoms with Crippen LogP contribution in [0.4, 0.5) is 0 Å². The van der Waals surface area contributed by atoms with Crippen molar-refractivity contribution in [3.05, 3.63) is 11.6 Å². The summed E-state index contributed by atoms with van der Waals surface area (Å²) >= 11 is 0. The monoisotopic (exact) mass is 251 g/mol. The largest absolute Gasteiger partial charge is 0.480 e. The van der Waals surface area contributed by atoms with E-state index in [-0.39, 0.29) is 6.04 Å². The Bertz CT molecular complexity index is 331. The second-order valence-corrected chi connectivity index (χ2v) is 6.07. The lowest BCUT2D eigenvalue weighted by Crippen LogP contribution is -2.49. The van der Waals surface area contributed by atoms with Crippen LogP contribution in [0.25, 0.3) is 0 Å². The molecule has 0 aromatic heterocycles. The number of carboxylic acid groups (broad SMARTS) is 1. The van der Waals surface area contributed by atoms with Crippen molar-refractivity contribution in [1.29, 1.82) is 0 Å². The van der Waals surface area contributed by atoms with Gasteiger partial charge in [0, 0.05) is 0 Å². The Morgan fingerprint density at radius 1 is 1.39 bits per heavy atom. The molecule has 1 aliphatic carbocycles. The molecule has 0 bridgehead atoms. The van der Waals surface area contributed by atoms with Gasteiger partial charge in [-0.05, 0) is 57.5 Å². The van der Waals surface area contributed by atoms with Crippen molar-refractivity contribution in [2.24, 2.45) is 11.8 Å². The predicted molar refractivity (Wildman–Crippen MR) is 72.5 cm³/mol. The van der Waals surface area contributed by atoms with Crippen molar-refractivity contribution in [1.82, 2.24) is 4.90 Å². The highest BCUT2D eigenvalue weighted by atomic mass is 16.4. The summed E-state index contributed by atoms with van der Waals surface area (Å²) in [5, 5.41) is 9.59. The minimum absolute atomic E-state index is 0.267. The molecule has 102 valence electrons. The molecule has 0 saturated carbocycles. The topological polar surface area (TPSA) is 40.5 Å². The standard InChI is InChI=1S/C15H25NO2/c1-11-8-12(2)10-13(9-11)14(15(17)18)16-6-4-3-5-7-16/h8,11,13-14H,3-7,9-10H2,1-2H3,(H,17,18). The summed E-state index contributed by atoms with van der Waals surface area (Å²) in [6.45, 7) is 6.26. The van der Waals surface area contributed by atoms with Crippen LogP contribution in [-0.2, 0) is 4.79 Å². The number of carboxylic acids is 1. The highest BCUT2D eigenvalue weighted by Gasteiger charge is 2.36. The molecule has 3 unspecified atom stereocenters. The average Bonchev–Trinajstić information content (AvgIpc) is 2.28. The van der Waals surface area contributed by atoms with Crippen LogP contribution in [0.1, 0.15) is 46.0 Å². The van der Waals surface area contributed by atoms with Crippen LogP contribution in [-0.4, -0.2) is 35.1 Å². The van der Waals surface area contributed by atoms with E-state index in [0.717, 1.165) is 38.8 Å². The van der Waals surface area contributed by atoms with E-state index in [4.69, 9.17) is 0 Å². The van der Waals surface area contributed by atoms with E-state index in [1.54, 1.807) is 0 Å². The number of hydrogen-bond acceptors (Lipinski definition) is 2. The third kappa shape index (κ3) is 3.14. The normalized spacial score (nSPS) is 31.8. The molecule has 0 spiro atoms. The van der Waals surface area contributed by atoms with Crippen molar-refractivity contribution < 1.29 is 9.90 Å². The van der Waals surface area contributed by atoms with Crippen LogP contribution in [0, 0.1) is 11.8 Å². The number of likely N-dealkylation sites (tertiary alicyclic amines) is 1. The smallest absolute Gasteiger partial charge is 0.321 e. The quantitative estimate of drug-likeness (QED) is 0.784. The number of nitrogens with zero attached hydrogens (tertiary/aromatic N) is 1. The van der Waals surface area contributed by atoms with Gasteiger partial charge < -0.3 is 5.11 Å². The minimum Gasteiger partial charge on any atom is -0.480 e. The van der Waals surface area contributed by atoms with E-state index in [1.807, 2.05) is 0 Å². The lowest BCUT2D eigenvalue weighted by molar-refractivity contribution is -0.146. The zero-order chi connectivity index (χ0) is 13.1. The number of carbonyl (C=O) groups is 1. The highest BCUT2D eigenvalue weighted by Crippen LogP contribution is 2.33. The van der Waals surface area contributed by atoms with E-state index in [1.165, 1.54) is 12.0 Å². The molecule has 1 saturated heterocycles. The highest BCUT2D eigenvalue weighted by molar-refractivity contribution is 5.74. The zero-order valence-electron chi connectivity index (χ0n) is 11.6. The molecule has 18 heavy (non-hydrogen) atoms. The third-order valence-corrected chi connectivity index (χ3v) is 4.31. The number of allylic oxidation sites excluding steroid dienone is 2. The average molecular weight is 251 g/mol. The van der Waals surface area contributed by atoms with Crippen LogP contribution >= 0.6 is 0 Å². The van der Waals surface area contributed by atoms with Gasteiger partial charge in [-0.2, -0.15) is 0 Å². The maximum atomic E-state index is 11.7. The first-order chi connectivity index (χ1) is 8.58. The van der Waals surface area contributed by atoms with E-state index in [2.05, 4.69) is 24.8 Å². The fraction of sp³-hybridized carbons (Fsp3) is 0.800. The summed E-state index contributed by atoms with van der Waals surface area (Å²) in [6.07, 6.45) is 7.83. The van der Waals surface area contributed by atoms with Gasteiger partial charge in [0.2, 0.25) is 0 Å². The van der Waals surface area contributed by atoms with E-state index < -0.39 is 5.97 Å². The Morgan fingerprint density at radius 2 is 2.06 bits per heavy atom. The van der Waals surface area contributed by atoms with Crippen LogP contribution < -0.4 is 0 Å². The van der Waals surface area contributed by atoms with Gasteiger partial charge >= 0.3 is 5.97 Å². The molecule has 1 aliphatic heterocycles. The van der Waals surface area contributed by atoms with Gasteiger partial charge in [-0.1, -0.05) is 25.0 Å². The molecule has 0 radical (unpaired) electrons. The molecule has 0 aromatic rings. The van der Waals surface area contributed by atoms with Crippen molar-refractivity contribution in [3.63, 3.8) is 0 Å². The van der Waals surface area contributed by atoms with Gasteiger partial charge in [0.15, 0.2) is 0 Å². The molecule has 0 aromatic carbocycles. The Balaban J connectivity index is 2.10. The van der Waals surface area contributed by atoms with Gasteiger partial charge in [-0.25, -0.2) is 0 Å². The second-order valence-electron chi connectivity index (χ2n) is 6.07. The van der Waals surface area contributed by atoms with Crippen LogP contribution in [0.5, 0.6) is 0 Å². The molecule has 2 aliphatic rings. The summed E-state index contributed by atoms with van der Waals surface area (Å²) < 4.78 is 0. The first-order valence-corrected chi connectivity index (χ1v) is 7.22. The first-order valence-electron chi connectivity index (χ1n) is 7.22. The van der Waals surface area contributed by atoms with Gasteiger partial charge in [0.05, 0.1) is 0 Å². The van der Waals surface area contributed by atoms with Crippen LogP contribution in [0.2, 0.25) is 0 Å². The molecule has 2 rings (SSSR count). The number of piperidine rings is 1. The van der Waals surface area contributed by atoms with Crippen molar-refractivity contribution in [2.45, 2.75) is 52.0 Å². The van der Waals surface area contributed by atoms with Crippen molar-refractivity contribution >= 4 is 5.97 Å². The van der Waals surface area contributed by atoms with Crippen LogP contribution in [0.3, 0.4) is 0 Å². The number of rotatable bonds is 3.